The van der Waals surface area contributed by atoms with Gasteiger partial charge in [0, 0.05) is 31.8 Å². The highest BCUT2D eigenvalue weighted by Gasteiger charge is 2.42. The summed E-state index contributed by atoms with van der Waals surface area (Å²) in [6.07, 6.45) is 3.74. The van der Waals surface area contributed by atoms with Crippen LogP contribution in [0, 0.1) is 5.92 Å². The first-order valence-electron chi connectivity index (χ1n) is 7.31. The fourth-order valence-corrected chi connectivity index (χ4v) is 4.43. The second-order valence-corrected chi connectivity index (χ2v) is 7.65. The number of amides is 1. The molecule has 0 radical (unpaired) electrons. The Labute approximate surface area is 134 Å². The molecule has 0 spiro atoms. The predicted molar refractivity (Wildman–Crippen MR) is 85.8 cm³/mol. The smallest absolute Gasteiger partial charge is 0.248 e. The fourth-order valence-electron chi connectivity index (χ4n) is 3.18. The van der Waals surface area contributed by atoms with E-state index in [2.05, 4.69) is 0 Å². The Morgan fingerprint density at radius 2 is 1.76 bits per heavy atom. The molecule has 0 unspecified atom stereocenters. The largest absolute Gasteiger partial charge is 0.392 e. The molecule has 1 aliphatic heterocycles. The van der Waals surface area contributed by atoms with Gasteiger partial charge in [-0.3, -0.25) is 4.79 Å². The topological polar surface area (TPSA) is 46.3 Å². The van der Waals surface area contributed by atoms with Crippen LogP contribution in [0.4, 0.5) is 8.78 Å². The van der Waals surface area contributed by atoms with E-state index in [1.807, 2.05) is 6.26 Å². The van der Waals surface area contributed by atoms with E-state index in [0.717, 1.165) is 12.8 Å². The van der Waals surface area contributed by atoms with Gasteiger partial charge >= 0.3 is 0 Å². The first kappa shape index (κ1) is 16.9. The number of piperidine rings is 1. The number of halogens is 2. The van der Waals surface area contributed by atoms with E-state index in [-0.39, 0.29) is 29.4 Å². The van der Waals surface area contributed by atoms with Gasteiger partial charge in [-0.1, -0.05) is 12.2 Å². The second-order valence-electron chi connectivity index (χ2n) is 6.02. The average molecular weight is 336 g/mol. The van der Waals surface area contributed by atoms with Crippen LogP contribution >= 0.6 is 24.0 Å². The summed E-state index contributed by atoms with van der Waals surface area (Å²) in [5.74, 6) is -2.79. The molecule has 0 aromatic heterocycles. The molecule has 1 aliphatic carbocycles. The molecule has 1 saturated carbocycles. The SMILES string of the molecule is CSC1(C(N)=S)CCN(C(=O)C2CCC(F)(F)CC2)CC1. The van der Waals surface area contributed by atoms with Crippen molar-refractivity contribution in [3.8, 4) is 0 Å². The van der Waals surface area contributed by atoms with Crippen molar-refractivity contribution in [2.24, 2.45) is 11.7 Å². The molecule has 120 valence electrons. The van der Waals surface area contributed by atoms with E-state index in [9.17, 15) is 13.6 Å². The van der Waals surface area contributed by atoms with E-state index >= 15 is 0 Å². The number of likely N-dealkylation sites (tertiary alicyclic amines) is 1. The molecule has 2 N–H and O–H groups in total. The third kappa shape index (κ3) is 3.67. The number of carbonyl (C=O) groups excluding carboxylic acids is 1. The van der Waals surface area contributed by atoms with Crippen LogP contribution in [-0.2, 0) is 4.79 Å². The number of nitrogens with zero attached hydrogens (tertiary/aromatic N) is 1. The molecule has 7 heteroatoms. The number of nitrogens with two attached hydrogens (primary N) is 1. The van der Waals surface area contributed by atoms with E-state index in [1.54, 1.807) is 16.7 Å². The van der Waals surface area contributed by atoms with Gasteiger partial charge < -0.3 is 10.6 Å². The van der Waals surface area contributed by atoms with Gasteiger partial charge in [-0.2, -0.15) is 11.8 Å². The van der Waals surface area contributed by atoms with Crippen LogP contribution in [0.15, 0.2) is 0 Å². The molecule has 0 atom stereocenters. The van der Waals surface area contributed by atoms with Crippen LogP contribution in [-0.4, -0.2) is 45.8 Å². The minimum absolute atomic E-state index is 0.0307. The highest BCUT2D eigenvalue weighted by atomic mass is 32.2. The molecule has 0 aromatic carbocycles. The Kier molecular flexibility index (Phi) is 5.13. The quantitative estimate of drug-likeness (QED) is 0.805. The van der Waals surface area contributed by atoms with Gasteiger partial charge in [0.25, 0.3) is 0 Å². The number of alkyl halides is 2. The Hall–Kier alpha value is -0.430. The van der Waals surface area contributed by atoms with Crippen LogP contribution < -0.4 is 5.73 Å². The second kappa shape index (κ2) is 6.36. The Balaban J connectivity index is 1.90. The van der Waals surface area contributed by atoms with E-state index in [4.69, 9.17) is 18.0 Å². The van der Waals surface area contributed by atoms with Crippen LogP contribution in [0.5, 0.6) is 0 Å². The Bertz CT molecular complexity index is 413. The average Bonchev–Trinajstić information content (AvgIpc) is 2.46. The molecule has 1 amide bonds. The summed E-state index contributed by atoms with van der Waals surface area (Å²) in [5.41, 5.74) is 5.83. The Morgan fingerprint density at radius 3 is 2.19 bits per heavy atom. The van der Waals surface area contributed by atoms with E-state index in [1.165, 1.54) is 0 Å². The zero-order valence-electron chi connectivity index (χ0n) is 12.2. The third-order valence-electron chi connectivity index (χ3n) is 4.79. The lowest BCUT2D eigenvalue weighted by atomic mass is 9.85. The van der Waals surface area contributed by atoms with Crippen molar-refractivity contribution in [2.75, 3.05) is 19.3 Å². The summed E-state index contributed by atoms with van der Waals surface area (Å²) in [6, 6.07) is 0. The first-order chi connectivity index (χ1) is 9.80. The summed E-state index contributed by atoms with van der Waals surface area (Å²) < 4.78 is 26.1. The lowest BCUT2D eigenvalue weighted by molar-refractivity contribution is -0.140. The van der Waals surface area contributed by atoms with Gasteiger partial charge in [0.2, 0.25) is 11.8 Å². The molecule has 2 aliphatic rings. The summed E-state index contributed by atoms with van der Waals surface area (Å²) in [7, 11) is 0. The van der Waals surface area contributed by atoms with Crippen LogP contribution in [0.1, 0.15) is 38.5 Å². The van der Waals surface area contributed by atoms with Crippen LogP contribution in [0.2, 0.25) is 0 Å². The number of thiocarbonyl (C=S) groups is 1. The minimum atomic E-state index is -2.58. The maximum absolute atomic E-state index is 13.2. The van der Waals surface area contributed by atoms with Crippen molar-refractivity contribution in [3.05, 3.63) is 0 Å². The Morgan fingerprint density at radius 1 is 1.24 bits per heavy atom. The fraction of sp³-hybridized carbons (Fsp3) is 0.857. The molecule has 1 heterocycles. The standard InChI is InChI=1S/C14H22F2N2OS2/c1-21-13(12(17)20)6-8-18(9-7-13)11(19)10-2-4-14(15,16)5-3-10/h10H,2-9H2,1H3,(H2,17,20). The zero-order chi connectivity index (χ0) is 15.7. The van der Waals surface area contributed by atoms with Gasteiger partial charge in [0.15, 0.2) is 0 Å². The molecule has 0 aromatic rings. The molecule has 2 fully saturated rings. The molecular formula is C14H22F2N2OS2. The van der Waals surface area contributed by atoms with Gasteiger partial charge in [-0.15, -0.1) is 0 Å². The van der Waals surface area contributed by atoms with Crippen molar-refractivity contribution in [3.63, 3.8) is 0 Å². The van der Waals surface area contributed by atoms with E-state index < -0.39 is 5.92 Å². The van der Waals surface area contributed by atoms with Crippen molar-refractivity contribution in [2.45, 2.75) is 49.2 Å². The molecular weight excluding hydrogens is 314 g/mol. The highest BCUT2D eigenvalue weighted by Crippen LogP contribution is 2.39. The summed E-state index contributed by atoms with van der Waals surface area (Å²) >= 11 is 6.80. The monoisotopic (exact) mass is 336 g/mol. The van der Waals surface area contributed by atoms with Crippen LogP contribution in [0.25, 0.3) is 0 Å². The van der Waals surface area contributed by atoms with Crippen molar-refractivity contribution in [1.29, 1.82) is 0 Å². The van der Waals surface area contributed by atoms with Gasteiger partial charge in [-0.05, 0) is 31.9 Å². The number of hydrogen-bond donors (Lipinski definition) is 1. The number of hydrogen-bond acceptors (Lipinski definition) is 3. The van der Waals surface area contributed by atoms with Crippen molar-refractivity contribution >= 4 is 34.9 Å². The normalized spacial score (nSPS) is 25.6. The predicted octanol–water partition coefficient (Wildman–Crippen LogP) is 2.82. The molecule has 21 heavy (non-hydrogen) atoms. The summed E-state index contributed by atoms with van der Waals surface area (Å²) in [5, 5.41) is 0. The lowest BCUT2D eigenvalue weighted by Crippen LogP contribution is -2.52. The minimum Gasteiger partial charge on any atom is -0.392 e. The summed E-state index contributed by atoms with van der Waals surface area (Å²) in [6.45, 7) is 1.23. The van der Waals surface area contributed by atoms with Gasteiger partial charge in [0.1, 0.15) is 0 Å². The number of thioether (sulfide) groups is 1. The lowest BCUT2D eigenvalue weighted by Gasteiger charge is -2.41. The molecule has 3 nitrogen and oxygen atoms in total. The number of rotatable bonds is 3. The molecule has 1 saturated heterocycles. The maximum atomic E-state index is 13.2. The van der Waals surface area contributed by atoms with Gasteiger partial charge in [-0.25, -0.2) is 8.78 Å². The summed E-state index contributed by atoms with van der Waals surface area (Å²) in [4.78, 5) is 14.7. The first-order valence-corrected chi connectivity index (χ1v) is 8.95. The highest BCUT2D eigenvalue weighted by molar-refractivity contribution is 8.02. The number of carbonyl (C=O) groups is 1. The van der Waals surface area contributed by atoms with E-state index in [0.29, 0.717) is 30.9 Å². The molecule has 0 bridgehead atoms. The third-order valence-corrected chi connectivity index (χ3v) is 6.72. The van der Waals surface area contributed by atoms with Crippen molar-refractivity contribution < 1.29 is 13.6 Å². The zero-order valence-corrected chi connectivity index (χ0v) is 13.9. The van der Waals surface area contributed by atoms with Crippen molar-refractivity contribution in [1.82, 2.24) is 4.90 Å². The van der Waals surface area contributed by atoms with Crippen LogP contribution in [0.3, 0.4) is 0 Å². The van der Waals surface area contributed by atoms with Gasteiger partial charge in [0.05, 0.1) is 9.74 Å². The maximum Gasteiger partial charge on any atom is 0.248 e. The molecule has 2 rings (SSSR count).